The minimum atomic E-state index is -0.0880. The highest BCUT2D eigenvalue weighted by Gasteiger charge is 2.40. The number of ether oxygens (including phenoxy) is 1. The number of nitrogens with zero attached hydrogens (tertiary/aromatic N) is 1. The van der Waals surface area contributed by atoms with Crippen LogP contribution >= 0.6 is 0 Å². The smallest absolute Gasteiger partial charge is 0.0991 e. The highest BCUT2D eigenvalue weighted by atomic mass is 16.5. The summed E-state index contributed by atoms with van der Waals surface area (Å²) in [4.78, 5) is 0. The second-order valence-corrected chi connectivity index (χ2v) is 5.76. The van der Waals surface area contributed by atoms with Crippen molar-refractivity contribution in [2.45, 2.75) is 51.6 Å². The Balaban J connectivity index is 0.00000116. The van der Waals surface area contributed by atoms with Gasteiger partial charge in [-0.15, -0.1) is 0 Å². The van der Waals surface area contributed by atoms with E-state index < -0.39 is 0 Å². The first kappa shape index (κ1) is 18.7. The van der Waals surface area contributed by atoms with Gasteiger partial charge in [0.15, 0.2) is 0 Å². The van der Waals surface area contributed by atoms with E-state index in [4.69, 9.17) is 10.00 Å². The van der Waals surface area contributed by atoms with Crippen LogP contribution in [0.15, 0.2) is 24.3 Å². The summed E-state index contributed by atoms with van der Waals surface area (Å²) in [6, 6.07) is 10.1. The highest BCUT2D eigenvalue weighted by Crippen LogP contribution is 2.38. The van der Waals surface area contributed by atoms with Crippen LogP contribution in [-0.2, 0) is 11.2 Å². The molecule has 3 heteroatoms. The molecule has 1 aliphatic rings. The van der Waals surface area contributed by atoms with E-state index in [1.54, 1.807) is 0 Å². The Morgan fingerprint density at radius 2 is 2.14 bits per heavy atom. The van der Waals surface area contributed by atoms with E-state index in [0.29, 0.717) is 5.92 Å². The maximum Gasteiger partial charge on any atom is 0.0991 e. The van der Waals surface area contributed by atoms with Crippen LogP contribution in [0.4, 0.5) is 0 Å². The zero-order valence-electron chi connectivity index (χ0n) is 14.5. The van der Waals surface area contributed by atoms with Gasteiger partial charge in [0.1, 0.15) is 0 Å². The molecule has 0 aliphatic heterocycles. The summed E-state index contributed by atoms with van der Waals surface area (Å²) in [6.07, 6.45) is 5.73. The fraction of sp³-hybridized carbons (Fsp3) is 0.632. The first-order chi connectivity index (χ1) is 10.7. The number of nitriles is 1. The van der Waals surface area contributed by atoms with Crippen LogP contribution in [0.3, 0.4) is 0 Å². The summed E-state index contributed by atoms with van der Waals surface area (Å²) in [6.45, 7) is 4.99. The largest absolute Gasteiger partial charge is 0.378 e. The summed E-state index contributed by atoms with van der Waals surface area (Å²) in [5, 5.41) is 12.3. The molecule has 122 valence electrons. The molecular formula is C19H30N2O. The average Bonchev–Trinajstić information content (AvgIpc) is 2.59. The number of methoxy groups -OCH3 is 1. The van der Waals surface area contributed by atoms with E-state index in [1.807, 2.05) is 46.2 Å². The summed E-state index contributed by atoms with van der Waals surface area (Å²) in [7, 11) is 3.84. The maximum absolute atomic E-state index is 9.03. The van der Waals surface area contributed by atoms with Crippen molar-refractivity contribution >= 4 is 0 Å². The van der Waals surface area contributed by atoms with Crippen molar-refractivity contribution in [1.29, 1.82) is 5.26 Å². The number of hydrogen-bond donors (Lipinski definition) is 1. The minimum Gasteiger partial charge on any atom is -0.378 e. The summed E-state index contributed by atoms with van der Waals surface area (Å²) < 4.78 is 6.00. The lowest BCUT2D eigenvalue weighted by Crippen LogP contribution is -2.48. The van der Waals surface area contributed by atoms with E-state index in [2.05, 4.69) is 17.5 Å². The number of benzene rings is 1. The van der Waals surface area contributed by atoms with Crippen molar-refractivity contribution in [1.82, 2.24) is 5.32 Å². The lowest BCUT2D eigenvalue weighted by molar-refractivity contribution is -0.0813. The molecular weight excluding hydrogens is 272 g/mol. The van der Waals surface area contributed by atoms with Crippen LogP contribution in [0.25, 0.3) is 0 Å². The molecule has 0 bridgehead atoms. The summed E-state index contributed by atoms with van der Waals surface area (Å²) in [5.41, 5.74) is 1.85. The van der Waals surface area contributed by atoms with Crippen LogP contribution in [0, 0.1) is 17.2 Å². The van der Waals surface area contributed by atoms with Gasteiger partial charge in [0.25, 0.3) is 0 Å². The van der Waals surface area contributed by atoms with Gasteiger partial charge in [-0.05, 0) is 37.6 Å². The maximum atomic E-state index is 9.03. The molecule has 1 N–H and O–H groups in total. The normalized spacial score (nSPS) is 24.0. The third kappa shape index (κ3) is 4.56. The predicted octanol–water partition coefficient (Wildman–Crippen LogP) is 3.92. The fourth-order valence-corrected chi connectivity index (χ4v) is 3.49. The van der Waals surface area contributed by atoms with E-state index >= 15 is 0 Å². The van der Waals surface area contributed by atoms with Gasteiger partial charge in [-0.3, -0.25) is 0 Å². The molecule has 2 atom stereocenters. The Morgan fingerprint density at radius 3 is 2.77 bits per heavy atom. The van der Waals surface area contributed by atoms with Crippen LogP contribution in [-0.4, -0.2) is 26.3 Å². The number of rotatable bonds is 5. The average molecular weight is 302 g/mol. The highest BCUT2D eigenvalue weighted by molar-refractivity contribution is 5.33. The van der Waals surface area contributed by atoms with Gasteiger partial charge >= 0.3 is 0 Å². The van der Waals surface area contributed by atoms with Crippen molar-refractivity contribution in [3.8, 4) is 6.07 Å². The Morgan fingerprint density at radius 1 is 1.36 bits per heavy atom. The van der Waals surface area contributed by atoms with Crippen LogP contribution in [0.5, 0.6) is 0 Å². The molecule has 1 aromatic carbocycles. The van der Waals surface area contributed by atoms with E-state index in [1.165, 1.54) is 24.8 Å². The molecule has 1 fully saturated rings. The predicted molar refractivity (Wildman–Crippen MR) is 91.8 cm³/mol. The first-order valence-electron chi connectivity index (χ1n) is 8.43. The molecule has 22 heavy (non-hydrogen) atoms. The molecule has 1 aliphatic carbocycles. The molecule has 1 aromatic rings. The van der Waals surface area contributed by atoms with Gasteiger partial charge in [-0.2, -0.15) is 5.26 Å². The quantitative estimate of drug-likeness (QED) is 0.896. The molecule has 0 spiro atoms. The lowest BCUT2D eigenvalue weighted by atomic mass is 9.72. The topological polar surface area (TPSA) is 45.0 Å². The van der Waals surface area contributed by atoms with Crippen molar-refractivity contribution < 1.29 is 4.74 Å². The molecule has 0 saturated heterocycles. The fourth-order valence-electron chi connectivity index (χ4n) is 3.49. The molecule has 2 unspecified atom stereocenters. The molecule has 1 saturated carbocycles. The Bertz CT molecular complexity index is 479. The van der Waals surface area contributed by atoms with Crippen LogP contribution in [0.1, 0.15) is 50.7 Å². The third-order valence-corrected chi connectivity index (χ3v) is 4.56. The molecule has 0 radical (unpaired) electrons. The Hall–Kier alpha value is -1.37. The third-order valence-electron chi connectivity index (χ3n) is 4.56. The molecule has 2 rings (SSSR count). The van der Waals surface area contributed by atoms with Gasteiger partial charge in [0.05, 0.1) is 17.2 Å². The van der Waals surface area contributed by atoms with E-state index in [-0.39, 0.29) is 5.60 Å². The van der Waals surface area contributed by atoms with Crippen molar-refractivity contribution in [2.75, 3.05) is 20.7 Å². The van der Waals surface area contributed by atoms with Crippen molar-refractivity contribution in [2.24, 2.45) is 5.92 Å². The second-order valence-electron chi connectivity index (χ2n) is 5.76. The molecule has 0 aromatic heterocycles. The molecule has 0 amide bonds. The van der Waals surface area contributed by atoms with Gasteiger partial charge in [-0.25, -0.2) is 0 Å². The van der Waals surface area contributed by atoms with Gasteiger partial charge in [0.2, 0.25) is 0 Å². The van der Waals surface area contributed by atoms with Gasteiger partial charge in [-0.1, -0.05) is 38.8 Å². The second kappa shape index (κ2) is 9.61. The van der Waals surface area contributed by atoms with Crippen LogP contribution in [0.2, 0.25) is 0 Å². The lowest BCUT2D eigenvalue weighted by Gasteiger charge is -2.43. The zero-order valence-corrected chi connectivity index (χ0v) is 14.5. The summed E-state index contributed by atoms with van der Waals surface area (Å²) in [5.74, 6) is 0.539. The first-order valence-corrected chi connectivity index (χ1v) is 8.43. The Labute approximate surface area is 135 Å². The van der Waals surface area contributed by atoms with E-state index in [0.717, 1.165) is 24.9 Å². The molecule has 0 heterocycles. The van der Waals surface area contributed by atoms with E-state index in [9.17, 15) is 0 Å². The summed E-state index contributed by atoms with van der Waals surface area (Å²) >= 11 is 0. The molecule has 3 nitrogen and oxygen atoms in total. The van der Waals surface area contributed by atoms with Crippen molar-refractivity contribution in [3.63, 3.8) is 0 Å². The SMILES string of the molecule is CC.CNCC1CCCCC1(Cc1cccc(C#N)c1)OC. The minimum absolute atomic E-state index is 0.0880. The van der Waals surface area contributed by atoms with Crippen molar-refractivity contribution in [3.05, 3.63) is 35.4 Å². The Kier molecular flexibility index (Phi) is 8.16. The van der Waals surface area contributed by atoms with Gasteiger partial charge in [0, 0.05) is 26.0 Å². The standard InChI is InChI=1S/C17H24N2O.C2H6/c1-19-13-16-8-3-4-9-17(16,20-2)11-14-6-5-7-15(10-14)12-18;1-2/h5-7,10,16,19H,3-4,8-9,11,13H2,1-2H3;1-2H3. The number of hydrogen-bond acceptors (Lipinski definition) is 3. The van der Waals surface area contributed by atoms with Gasteiger partial charge < -0.3 is 10.1 Å². The number of nitrogens with one attached hydrogen (secondary N) is 1. The monoisotopic (exact) mass is 302 g/mol. The zero-order chi connectivity index (χ0) is 16.4. The van der Waals surface area contributed by atoms with Crippen LogP contribution < -0.4 is 5.32 Å².